The summed E-state index contributed by atoms with van der Waals surface area (Å²) in [6.07, 6.45) is 4.22. The van der Waals surface area contributed by atoms with Crippen LogP contribution in [-0.4, -0.2) is 11.0 Å². The molecule has 1 aliphatic rings. The van der Waals surface area contributed by atoms with Gasteiger partial charge in [-0.15, -0.1) is 0 Å². The van der Waals surface area contributed by atoms with Gasteiger partial charge in [0.2, 0.25) is 5.91 Å². The zero-order valence-corrected chi connectivity index (χ0v) is 9.28. The standard InChI is InChI=1S/C13H17NO2/c15-9-11-6-1-2-7-12(11)14-13(16)8-10-4-3-5-10/h1-2,6-7,10,15H,3-5,8-9H2,(H,14,16). The number of carbonyl (C=O) groups is 1. The van der Waals surface area contributed by atoms with Gasteiger partial charge in [-0.2, -0.15) is 0 Å². The molecule has 16 heavy (non-hydrogen) atoms. The summed E-state index contributed by atoms with van der Waals surface area (Å²) in [5, 5.41) is 12.0. The zero-order chi connectivity index (χ0) is 11.4. The highest BCUT2D eigenvalue weighted by Crippen LogP contribution is 2.29. The van der Waals surface area contributed by atoms with E-state index in [4.69, 9.17) is 5.11 Å². The lowest BCUT2D eigenvalue weighted by molar-refractivity contribution is -0.117. The Morgan fingerprint density at radius 2 is 2.12 bits per heavy atom. The molecule has 0 radical (unpaired) electrons. The first-order chi connectivity index (χ1) is 7.79. The Morgan fingerprint density at radius 1 is 1.38 bits per heavy atom. The van der Waals surface area contributed by atoms with Gasteiger partial charge in [0.15, 0.2) is 0 Å². The van der Waals surface area contributed by atoms with Crippen molar-refractivity contribution in [2.24, 2.45) is 5.92 Å². The molecule has 0 unspecified atom stereocenters. The van der Waals surface area contributed by atoms with Gasteiger partial charge in [0.1, 0.15) is 0 Å². The molecular formula is C13H17NO2. The number of benzene rings is 1. The quantitative estimate of drug-likeness (QED) is 0.816. The van der Waals surface area contributed by atoms with E-state index in [9.17, 15) is 4.79 Å². The fraction of sp³-hybridized carbons (Fsp3) is 0.462. The number of para-hydroxylation sites is 1. The van der Waals surface area contributed by atoms with Gasteiger partial charge < -0.3 is 10.4 Å². The largest absolute Gasteiger partial charge is 0.392 e. The summed E-state index contributed by atoms with van der Waals surface area (Å²) in [5.41, 5.74) is 1.50. The van der Waals surface area contributed by atoms with Crippen LogP contribution in [0.15, 0.2) is 24.3 Å². The van der Waals surface area contributed by atoms with Crippen LogP contribution >= 0.6 is 0 Å². The Kier molecular flexibility index (Phi) is 3.57. The smallest absolute Gasteiger partial charge is 0.224 e. The van der Waals surface area contributed by atoms with Crippen molar-refractivity contribution in [1.29, 1.82) is 0 Å². The number of hydrogen-bond donors (Lipinski definition) is 2. The number of aliphatic hydroxyl groups is 1. The third-order valence-electron chi connectivity index (χ3n) is 3.16. The summed E-state index contributed by atoms with van der Waals surface area (Å²) in [6.45, 7) is -0.0418. The number of nitrogens with one attached hydrogen (secondary N) is 1. The monoisotopic (exact) mass is 219 g/mol. The number of rotatable bonds is 4. The van der Waals surface area contributed by atoms with E-state index in [-0.39, 0.29) is 12.5 Å². The average Bonchev–Trinajstić information content (AvgIpc) is 2.24. The van der Waals surface area contributed by atoms with E-state index in [1.165, 1.54) is 19.3 Å². The van der Waals surface area contributed by atoms with E-state index in [1.54, 1.807) is 0 Å². The topological polar surface area (TPSA) is 49.3 Å². The van der Waals surface area contributed by atoms with Crippen LogP contribution in [0.4, 0.5) is 5.69 Å². The van der Waals surface area contributed by atoms with E-state index in [2.05, 4.69) is 5.32 Å². The Labute approximate surface area is 95.5 Å². The maximum absolute atomic E-state index is 11.7. The van der Waals surface area contributed by atoms with Gasteiger partial charge >= 0.3 is 0 Å². The molecule has 0 aliphatic heterocycles. The van der Waals surface area contributed by atoms with Crippen molar-refractivity contribution in [2.75, 3.05) is 5.32 Å². The second-order valence-electron chi connectivity index (χ2n) is 4.36. The van der Waals surface area contributed by atoms with Crippen LogP contribution in [0.3, 0.4) is 0 Å². The summed E-state index contributed by atoms with van der Waals surface area (Å²) < 4.78 is 0. The second kappa shape index (κ2) is 5.12. The molecule has 1 amide bonds. The molecule has 0 aromatic heterocycles. The highest BCUT2D eigenvalue weighted by atomic mass is 16.3. The first-order valence-electron chi connectivity index (χ1n) is 5.78. The molecule has 3 heteroatoms. The SMILES string of the molecule is O=C(CC1CCC1)Nc1ccccc1CO. The third-order valence-corrected chi connectivity index (χ3v) is 3.16. The van der Waals surface area contributed by atoms with Gasteiger partial charge in [0.25, 0.3) is 0 Å². The van der Waals surface area contributed by atoms with Crippen LogP contribution in [0.1, 0.15) is 31.2 Å². The molecule has 86 valence electrons. The minimum Gasteiger partial charge on any atom is -0.392 e. The van der Waals surface area contributed by atoms with E-state index in [0.29, 0.717) is 12.3 Å². The van der Waals surface area contributed by atoms with E-state index in [1.807, 2.05) is 24.3 Å². The van der Waals surface area contributed by atoms with E-state index in [0.717, 1.165) is 11.3 Å². The maximum atomic E-state index is 11.7. The zero-order valence-electron chi connectivity index (χ0n) is 9.28. The van der Waals surface area contributed by atoms with Gasteiger partial charge in [0.05, 0.1) is 6.61 Å². The van der Waals surface area contributed by atoms with E-state index < -0.39 is 0 Å². The Bertz CT molecular complexity index is 372. The van der Waals surface area contributed by atoms with Crippen LogP contribution in [0.2, 0.25) is 0 Å². The molecular weight excluding hydrogens is 202 g/mol. The third kappa shape index (κ3) is 2.61. The van der Waals surface area contributed by atoms with Gasteiger partial charge in [-0.05, 0) is 24.8 Å². The molecule has 1 saturated carbocycles. The van der Waals surface area contributed by atoms with Crippen molar-refractivity contribution in [3.8, 4) is 0 Å². The molecule has 2 rings (SSSR count). The minimum absolute atomic E-state index is 0.0418. The Hall–Kier alpha value is -1.35. The normalized spacial score (nSPS) is 15.6. The van der Waals surface area contributed by atoms with Crippen LogP contribution in [0.25, 0.3) is 0 Å². The first kappa shape index (κ1) is 11.1. The van der Waals surface area contributed by atoms with Gasteiger partial charge in [-0.3, -0.25) is 4.79 Å². The van der Waals surface area contributed by atoms with Crippen molar-refractivity contribution in [2.45, 2.75) is 32.3 Å². The predicted molar refractivity (Wildman–Crippen MR) is 63.0 cm³/mol. The fourth-order valence-corrected chi connectivity index (χ4v) is 1.94. The summed E-state index contributed by atoms with van der Waals surface area (Å²) in [6, 6.07) is 7.36. The molecule has 3 nitrogen and oxygen atoms in total. The fourth-order valence-electron chi connectivity index (χ4n) is 1.94. The number of carbonyl (C=O) groups excluding carboxylic acids is 1. The molecule has 1 aliphatic carbocycles. The van der Waals surface area contributed by atoms with Crippen LogP contribution in [0, 0.1) is 5.92 Å². The molecule has 0 heterocycles. The molecule has 0 bridgehead atoms. The summed E-state index contributed by atoms with van der Waals surface area (Å²) in [4.78, 5) is 11.7. The summed E-state index contributed by atoms with van der Waals surface area (Å²) in [5.74, 6) is 0.631. The number of aliphatic hydroxyl groups excluding tert-OH is 1. The summed E-state index contributed by atoms with van der Waals surface area (Å²) >= 11 is 0. The molecule has 2 N–H and O–H groups in total. The number of amides is 1. The lowest BCUT2D eigenvalue weighted by Gasteiger charge is -2.24. The van der Waals surface area contributed by atoms with Crippen molar-refractivity contribution >= 4 is 11.6 Å². The average molecular weight is 219 g/mol. The minimum atomic E-state index is -0.0418. The van der Waals surface area contributed by atoms with Crippen LogP contribution < -0.4 is 5.32 Å². The molecule has 0 saturated heterocycles. The highest BCUT2D eigenvalue weighted by molar-refractivity contribution is 5.91. The van der Waals surface area contributed by atoms with Gasteiger partial charge in [0, 0.05) is 17.7 Å². The Balaban J connectivity index is 1.94. The lowest BCUT2D eigenvalue weighted by Crippen LogP contribution is -2.21. The Morgan fingerprint density at radius 3 is 2.75 bits per heavy atom. The van der Waals surface area contributed by atoms with Gasteiger partial charge in [-0.1, -0.05) is 24.6 Å². The molecule has 0 spiro atoms. The van der Waals surface area contributed by atoms with Crippen molar-refractivity contribution in [3.63, 3.8) is 0 Å². The lowest BCUT2D eigenvalue weighted by atomic mass is 9.83. The van der Waals surface area contributed by atoms with Crippen molar-refractivity contribution in [3.05, 3.63) is 29.8 Å². The first-order valence-corrected chi connectivity index (χ1v) is 5.78. The van der Waals surface area contributed by atoms with Gasteiger partial charge in [-0.25, -0.2) is 0 Å². The molecule has 1 aromatic rings. The molecule has 1 fully saturated rings. The van der Waals surface area contributed by atoms with Crippen LogP contribution in [-0.2, 0) is 11.4 Å². The highest BCUT2D eigenvalue weighted by Gasteiger charge is 2.20. The van der Waals surface area contributed by atoms with Crippen molar-refractivity contribution < 1.29 is 9.90 Å². The maximum Gasteiger partial charge on any atom is 0.224 e. The number of anilines is 1. The molecule has 0 atom stereocenters. The summed E-state index contributed by atoms with van der Waals surface area (Å²) in [7, 11) is 0. The predicted octanol–water partition coefficient (Wildman–Crippen LogP) is 2.31. The van der Waals surface area contributed by atoms with Crippen LogP contribution in [0.5, 0.6) is 0 Å². The van der Waals surface area contributed by atoms with E-state index >= 15 is 0 Å². The number of hydrogen-bond acceptors (Lipinski definition) is 2. The molecule has 1 aromatic carbocycles. The second-order valence-corrected chi connectivity index (χ2v) is 4.36. The van der Waals surface area contributed by atoms with Crippen molar-refractivity contribution in [1.82, 2.24) is 0 Å².